The average molecular weight is 676 g/mol. The molecule has 46 heavy (non-hydrogen) atoms. The van der Waals surface area contributed by atoms with Crippen molar-refractivity contribution in [3.8, 4) is 11.3 Å². The number of alkyl halides is 5. The van der Waals surface area contributed by atoms with E-state index in [1.807, 2.05) is 0 Å². The first kappa shape index (κ1) is 34.8. The SMILES string of the molecule is CC(C)(C)OC(=O)N1CCC[C@H](Nc2ncc(C(F)(F)F)c(-c3cn(C(=O)OC(C)(C)C)c4cc(S(=O)(=O)C(F)F)ccc34)n2)C1. The molecule has 1 aliphatic rings. The number of piperidine rings is 1. The van der Waals surface area contributed by atoms with Crippen molar-refractivity contribution in [1.82, 2.24) is 19.4 Å². The van der Waals surface area contributed by atoms with Crippen LogP contribution in [0.15, 0.2) is 35.5 Å². The Kier molecular flexibility index (Phi) is 9.32. The molecule has 11 nitrogen and oxygen atoms in total. The molecule has 0 saturated carbocycles. The summed E-state index contributed by atoms with van der Waals surface area (Å²) in [5.74, 6) is -4.00. The number of aromatic nitrogens is 3. The Morgan fingerprint density at radius 2 is 1.65 bits per heavy atom. The molecule has 1 aliphatic heterocycles. The van der Waals surface area contributed by atoms with Gasteiger partial charge in [0.2, 0.25) is 15.8 Å². The van der Waals surface area contributed by atoms with E-state index in [-0.39, 0.29) is 29.0 Å². The number of rotatable bonds is 5. The van der Waals surface area contributed by atoms with Crippen LogP contribution in [0, 0.1) is 0 Å². The number of anilines is 1. The minimum Gasteiger partial charge on any atom is -0.444 e. The number of hydrogen-bond donors (Lipinski definition) is 1. The van der Waals surface area contributed by atoms with Crippen molar-refractivity contribution in [2.24, 2.45) is 0 Å². The lowest BCUT2D eigenvalue weighted by molar-refractivity contribution is -0.137. The highest BCUT2D eigenvalue weighted by molar-refractivity contribution is 7.91. The van der Waals surface area contributed by atoms with E-state index in [4.69, 9.17) is 9.47 Å². The van der Waals surface area contributed by atoms with Gasteiger partial charge in [-0.05, 0) is 66.5 Å². The zero-order valence-corrected chi connectivity index (χ0v) is 26.7. The van der Waals surface area contributed by atoms with Crippen molar-refractivity contribution in [3.05, 3.63) is 36.2 Å². The lowest BCUT2D eigenvalue weighted by atomic mass is 10.1. The molecule has 0 spiro atoms. The van der Waals surface area contributed by atoms with Crippen molar-refractivity contribution in [3.63, 3.8) is 0 Å². The maximum Gasteiger partial charge on any atom is 0.419 e. The molecule has 1 fully saturated rings. The first-order valence-electron chi connectivity index (χ1n) is 14.2. The first-order valence-corrected chi connectivity index (χ1v) is 15.7. The zero-order chi connectivity index (χ0) is 34.4. The molecule has 0 radical (unpaired) electrons. The van der Waals surface area contributed by atoms with Gasteiger partial charge in [0.05, 0.1) is 16.1 Å². The van der Waals surface area contributed by atoms with Crippen LogP contribution in [0.1, 0.15) is 59.9 Å². The molecule has 0 unspecified atom stereocenters. The lowest BCUT2D eigenvalue weighted by Gasteiger charge is -2.34. The number of carbonyl (C=O) groups is 2. The smallest absolute Gasteiger partial charge is 0.419 e. The van der Waals surface area contributed by atoms with Gasteiger partial charge in [0.25, 0.3) is 0 Å². The van der Waals surface area contributed by atoms with Gasteiger partial charge in [0.1, 0.15) is 16.8 Å². The van der Waals surface area contributed by atoms with E-state index in [1.165, 1.54) is 25.7 Å². The Hall–Kier alpha value is -4.02. The van der Waals surface area contributed by atoms with E-state index in [0.29, 0.717) is 25.6 Å². The summed E-state index contributed by atoms with van der Waals surface area (Å²) in [4.78, 5) is 34.4. The van der Waals surface area contributed by atoms with Crippen molar-refractivity contribution < 1.29 is 49.4 Å². The lowest BCUT2D eigenvalue weighted by Crippen LogP contribution is -2.47. The van der Waals surface area contributed by atoms with Crippen LogP contribution in [-0.2, 0) is 25.5 Å². The van der Waals surface area contributed by atoms with Crippen LogP contribution in [0.25, 0.3) is 22.2 Å². The van der Waals surface area contributed by atoms with Gasteiger partial charge in [-0.15, -0.1) is 0 Å². The quantitative estimate of drug-likeness (QED) is 0.293. The third-order valence-electron chi connectivity index (χ3n) is 6.69. The van der Waals surface area contributed by atoms with Crippen LogP contribution in [0.2, 0.25) is 0 Å². The van der Waals surface area contributed by atoms with E-state index in [2.05, 4.69) is 15.3 Å². The Bertz CT molecular complexity index is 1750. The van der Waals surface area contributed by atoms with Crippen LogP contribution in [0.4, 0.5) is 37.5 Å². The summed E-state index contributed by atoms with van der Waals surface area (Å²) in [6.07, 6.45) is -3.96. The molecular formula is C29H34F5N5O6S. The molecule has 4 rings (SSSR count). The standard InChI is InChI=1S/C29H34F5N5O6S/c1-27(2,3)44-25(40)38-11-7-8-16(14-38)36-24-35-13-20(29(32,33)34)22(37-24)19-15-39(26(41)45-28(4,5)6)21-12-17(9-10-18(19)21)46(42,43)23(30)31/h9-10,12-13,15-16,23H,7-8,11,14H2,1-6H3,(H,35,36,37)/t16-/m0/s1. The fourth-order valence-corrected chi connectivity index (χ4v) is 5.51. The molecule has 1 saturated heterocycles. The molecule has 1 amide bonds. The summed E-state index contributed by atoms with van der Waals surface area (Å²) < 4.78 is 106. The molecule has 3 heterocycles. The van der Waals surface area contributed by atoms with Crippen LogP contribution in [0.3, 0.4) is 0 Å². The molecule has 3 aromatic rings. The highest BCUT2D eigenvalue weighted by Gasteiger charge is 2.38. The van der Waals surface area contributed by atoms with Crippen molar-refractivity contribution >= 4 is 38.9 Å². The number of nitrogens with one attached hydrogen (secondary N) is 1. The van der Waals surface area contributed by atoms with Gasteiger partial charge in [-0.1, -0.05) is 6.07 Å². The maximum absolute atomic E-state index is 14.3. The van der Waals surface area contributed by atoms with Gasteiger partial charge in [-0.2, -0.15) is 22.0 Å². The molecule has 252 valence electrons. The number of ether oxygens (including phenoxy) is 2. The predicted molar refractivity (Wildman–Crippen MR) is 157 cm³/mol. The molecule has 1 N–H and O–H groups in total. The fourth-order valence-electron chi connectivity index (χ4n) is 4.77. The molecule has 1 aromatic carbocycles. The highest BCUT2D eigenvalue weighted by Crippen LogP contribution is 2.40. The second-order valence-electron chi connectivity index (χ2n) is 12.7. The number of hydrogen-bond acceptors (Lipinski definition) is 9. The normalized spacial score (nSPS) is 16.5. The first-order chi connectivity index (χ1) is 21.1. The molecular weight excluding hydrogens is 641 g/mol. The maximum atomic E-state index is 14.3. The number of carbonyl (C=O) groups excluding carboxylic acids is 2. The monoisotopic (exact) mass is 675 g/mol. The van der Waals surface area contributed by atoms with Crippen LogP contribution in [-0.4, -0.2) is 76.1 Å². The molecule has 0 bridgehead atoms. The zero-order valence-electron chi connectivity index (χ0n) is 25.9. The molecule has 17 heteroatoms. The molecule has 2 aromatic heterocycles. The number of amides is 1. The number of sulfone groups is 1. The fraction of sp³-hybridized carbons (Fsp3) is 0.517. The van der Waals surface area contributed by atoms with Gasteiger partial charge in [-0.25, -0.2) is 28.0 Å². The van der Waals surface area contributed by atoms with E-state index < -0.39 is 67.4 Å². The van der Waals surface area contributed by atoms with Crippen molar-refractivity contribution in [1.29, 1.82) is 0 Å². The number of halogens is 5. The summed E-state index contributed by atoms with van der Waals surface area (Å²) in [5.41, 5.74) is -4.31. The van der Waals surface area contributed by atoms with Gasteiger partial charge in [0, 0.05) is 42.5 Å². The summed E-state index contributed by atoms with van der Waals surface area (Å²) in [5, 5.41) is 2.87. The topological polar surface area (TPSA) is 133 Å². The third-order valence-corrected chi connectivity index (χ3v) is 8.07. The largest absolute Gasteiger partial charge is 0.444 e. The van der Waals surface area contributed by atoms with Gasteiger partial charge < -0.3 is 19.7 Å². The summed E-state index contributed by atoms with van der Waals surface area (Å²) in [6.45, 7) is 10.3. The van der Waals surface area contributed by atoms with Crippen LogP contribution < -0.4 is 5.32 Å². The predicted octanol–water partition coefficient (Wildman–Crippen LogP) is 6.71. The summed E-state index contributed by atoms with van der Waals surface area (Å²) in [7, 11) is -5.13. The molecule has 1 atom stereocenters. The Balaban J connectivity index is 1.82. The van der Waals surface area contributed by atoms with E-state index in [9.17, 15) is 40.0 Å². The summed E-state index contributed by atoms with van der Waals surface area (Å²) >= 11 is 0. The van der Waals surface area contributed by atoms with E-state index in [1.54, 1.807) is 20.8 Å². The Morgan fingerprint density at radius 3 is 2.24 bits per heavy atom. The van der Waals surface area contributed by atoms with Crippen molar-refractivity contribution in [2.75, 3.05) is 18.4 Å². The van der Waals surface area contributed by atoms with Gasteiger partial charge >= 0.3 is 24.1 Å². The van der Waals surface area contributed by atoms with Gasteiger partial charge in [0.15, 0.2) is 0 Å². The third kappa shape index (κ3) is 7.85. The Labute approximate surface area is 262 Å². The van der Waals surface area contributed by atoms with Crippen LogP contribution in [0.5, 0.6) is 0 Å². The Morgan fingerprint density at radius 1 is 1.02 bits per heavy atom. The average Bonchev–Trinajstić information content (AvgIpc) is 3.30. The second-order valence-corrected chi connectivity index (χ2v) is 14.7. The minimum atomic E-state index is -5.13. The van der Waals surface area contributed by atoms with Crippen molar-refractivity contribution in [2.45, 2.75) is 88.5 Å². The van der Waals surface area contributed by atoms with Gasteiger partial charge in [-0.3, -0.25) is 4.57 Å². The second kappa shape index (κ2) is 12.3. The number of benzene rings is 1. The summed E-state index contributed by atoms with van der Waals surface area (Å²) in [6, 6.07) is 2.16. The number of likely N-dealkylation sites (tertiary alicyclic amines) is 1. The highest BCUT2D eigenvalue weighted by atomic mass is 32.2. The van der Waals surface area contributed by atoms with E-state index in [0.717, 1.165) is 29.0 Å². The number of fused-ring (bicyclic) bond motifs is 1. The molecule has 0 aliphatic carbocycles. The minimum absolute atomic E-state index is 0.0945. The van der Waals surface area contributed by atoms with E-state index >= 15 is 0 Å². The number of nitrogens with zero attached hydrogens (tertiary/aromatic N) is 4. The van der Waals surface area contributed by atoms with Crippen LogP contribution >= 0.6 is 0 Å².